The summed E-state index contributed by atoms with van der Waals surface area (Å²) in [5.41, 5.74) is 3.11. The van der Waals surface area contributed by atoms with E-state index in [0.29, 0.717) is 15.9 Å². The van der Waals surface area contributed by atoms with E-state index in [1.807, 2.05) is 36.5 Å². The van der Waals surface area contributed by atoms with E-state index < -0.39 is 0 Å². The number of thioether (sulfide) groups is 1. The van der Waals surface area contributed by atoms with E-state index >= 15 is 0 Å². The lowest BCUT2D eigenvalue weighted by Gasteiger charge is -2.22. The van der Waals surface area contributed by atoms with Crippen molar-refractivity contribution in [3.8, 4) is 17.3 Å². The van der Waals surface area contributed by atoms with Crippen molar-refractivity contribution in [3.05, 3.63) is 76.2 Å². The zero-order valence-corrected chi connectivity index (χ0v) is 19.4. The molecule has 1 atom stereocenters. The lowest BCUT2D eigenvalue weighted by molar-refractivity contribution is 0.414. The number of ether oxygens (including phenoxy) is 1. The minimum Gasteiger partial charge on any atom is -0.497 e. The van der Waals surface area contributed by atoms with E-state index in [1.165, 1.54) is 11.9 Å². The smallest absolute Gasteiger partial charge is 0.173 e. The molecule has 0 radical (unpaired) electrons. The molecule has 0 spiro atoms. The number of halogens is 2. The molecule has 2 aromatic heterocycles. The fraction of sp³-hybridized carbons (Fsp3) is 0.227. The fourth-order valence-electron chi connectivity index (χ4n) is 3.41. The first kappa shape index (κ1) is 21.7. The Bertz CT molecular complexity index is 1150. The Balaban J connectivity index is 1.70. The van der Waals surface area contributed by atoms with Crippen LogP contribution in [0.3, 0.4) is 0 Å². The van der Waals surface area contributed by atoms with Crippen molar-refractivity contribution in [2.24, 2.45) is 0 Å². The topological polar surface area (TPSA) is 68.6 Å². The summed E-state index contributed by atoms with van der Waals surface area (Å²) >= 11 is 14.1. The number of aromatic amines is 1. The lowest BCUT2D eigenvalue weighted by atomic mass is 10.0. The summed E-state index contributed by atoms with van der Waals surface area (Å²) in [6.07, 6.45) is 4.17. The molecule has 6 nitrogen and oxygen atoms in total. The molecule has 160 valence electrons. The summed E-state index contributed by atoms with van der Waals surface area (Å²) in [6, 6.07) is 13.8. The second-order valence-electron chi connectivity index (χ2n) is 6.86. The number of nitrogens with zero attached hydrogens (tertiary/aromatic N) is 4. The van der Waals surface area contributed by atoms with Crippen LogP contribution in [0.2, 0.25) is 10.0 Å². The van der Waals surface area contributed by atoms with Gasteiger partial charge >= 0.3 is 0 Å². The largest absolute Gasteiger partial charge is 0.497 e. The van der Waals surface area contributed by atoms with Crippen LogP contribution < -0.4 is 4.74 Å². The fourth-order valence-corrected chi connectivity index (χ4v) is 4.70. The normalized spacial score (nSPS) is 12.1. The molecule has 0 aliphatic heterocycles. The van der Waals surface area contributed by atoms with Gasteiger partial charge in [-0.3, -0.25) is 5.10 Å². The molecule has 0 aliphatic carbocycles. The van der Waals surface area contributed by atoms with Gasteiger partial charge in [0.15, 0.2) is 11.0 Å². The molecule has 2 aromatic carbocycles. The molecule has 2 heterocycles. The highest BCUT2D eigenvalue weighted by Gasteiger charge is 2.23. The SMILES string of the molecule is CCC(c1ccc(Cl)c(Cl)c1)n1c(-c2ncn[nH]2)cnc1SCc1ccc(OC)cc1. The van der Waals surface area contributed by atoms with E-state index in [2.05, 4.69) is 38.8 Å². The van der Waals surface area contributed by atoms with Gasteiger partial charge in [-0.25, -0.2) is 9.97 Å². The number of hydrogen-bond donors (Lipinski definition) is 1. The zero-order chi connectivity index (χ0) is 21.8. The van der Waals surface area contributed by atoms with Crippen LogP contribution in [0.15, 0.2) is 60.1 Å². The number of imidazole rings is 1. The molecule has 0 aliphatic rings. The first-order chi connectivity index (χ1) is 15.1. The average Bonchev–Trinajstić information content (AvgIpc) is 3.46. The third-order valence-electron chi connectivity index (χ3n) is 4.97. The van der Waals surface area contributed by atoms with Crippen LogP contribution in [0.25, 0.3) is 11.5 Å². The molecule has 1 unspecified atom stereocenters. The van der Waals surface area contributed by atoms with Gasteiger partial charge in [0.2, 0.25) is 0 Å². The number of methoxy groups -OCH3 is 1. The lowest BCUT2D eigenvalue weighted by Crippen LogP contribution is -2.13. The number of nitrogens with one attached hydrogen (secondary N) is 1. The minimum absolute atomic E-state index is 0.00994. The number of benzene rings is 2. The van der Waals surface area contributed by atoms with Gasteiger partial charge < -0.3 is 9.30 Å². The van der Waals surface area contributed by atoms with Gasteiger partial charge in [-0.15, -0.1) is 0 Å². The van der Waals surface area contributed by atoms with Gasteiger partial charge in [-0.05, 0) is 41.8 Å². The summed E-state index contributed by atoms with van der Waals surface area (Å²) < 4.78 is 7.44. The maximum absolute atomic E-state index is 6.32. The van der Waals surface area contributed by atoms with E-state index in [4.69, 9.17) is 32.9 Å². The van der Waals surface area contributed by atoms with E-state index in [9.17, 15) is 0 Å². The van der Waals surface area contributed by atoms with Gasteiger partial charge in [0, 0.05) is 5.75 Å². The molecule has 4 aromatic rings. The van der Waals surface area contributed by atoms with E-state index in [1.54, 1.807) is 18.9 Å². The van der Waals surface area contributed by atoms with Crippen LogP contribution in [-0.4, -0.2) is 31.8 Å². The van der Waals surface area contributed by atoms with Crippen molar-refractivity contribution >= 4 is 35.0 Å². The van der Waals surface area contributed by atoms with Crippen LogP contribution in [0, 0.1) is 0 Å². The third kappa shape index (κ3) is 4.74. The van der Waals surface area contributed by atoms with Gasteiger partial charge in [-0.2, -0.15) is 5.10 Å². The maximum Gasteiger partial charge on any atom is 0.173 e. The van der Waals surface area contributed by atoms with Crippen LogP contribution in [0.1, 0.15) is 30.5 Å². The molecular weight excluding hydrogens is 453 g/mol. The number of hydrogen-bond acceptors (Lipinski definition) is 5. The van der Waals surface area contributed by atoms with E-state index in [0.717, 1.165) is 34.3 Å². The predicted molar refractivity (Wildman–Crippen MR) is 125 cm³/mol. The second-order valence-corrected chi connectivity index (χ2v) is 8.62. The van der Waals surface area contributed by atoms with Crippen LogP contribution in [-0.2, 0) is 5.75 Å². The van der Waals surface area contributed by atoms with Gasteiger partial charge in [-0.1, -0.05) is 60.1 Å². The second kappa shape index (κ2) is 9.77. The van der Waals surface area contributed by atoms with Gasteiger partial charge in [0.25, 0.3) is 0 Å². The van der Waals surface area contributed by atoms with Crippen LogP contribution in [0.5, 0.6) is 5.75 Å². The quantitative estimate of drug-likeness (QED) is 0.305. The Hall–Kier alpha value is -2.48. The number of H-pyrrole nitrogens is 1. The molecule has 0 saturated carbocycles. The van der Waals surface area contributed by atoms with Crippen molar-refractivity contribution in [2.45, 2.75) is 30.3 Å². The molecule has 31 heavy (non-hydrogen) atoms. The molecule has 0 saturated heterocycles. The standard InChI is InChI=1S/C22H21Cl2N5OS/c1-3-19(15-6-9-17(23)18(24)10-15)29-20(21-26-13-27-28-21)11-25-22(29)31-12-14-4-7-16(30-2)8-5-14/h4-11,13,19H,3,12H2,1-2H3,(H,26,27,28). The number of aromatic nitrogens is 5. The van der Waals surface area contributed by atoms with Gasteiger partial charge in [0.1, 0.15) is 17.8 Å². The monoisotopic (exact) mass is 473 g/mol. The van der Waals surface area contributed by atoms with Crippen molar-refractivity contribution in [1.82, 2.24) is 24.7 Å². The molecule has 4 rings (SSSR count). The molecular formula is C22H21Cl2N5OS. The van der Waals surface area contributed by atoms with Crippen molar-refractivity contribution in [1.29, 1.82) is 0 Å². The summed E-state index contributed by atoms with van der Waals surface area (Å²) in [5.74, 6) is 2.28. The third-order valence-corrected chi connectivity index (χ3v) is 6.75. The Labute approximate surface area is 195 Å². The minimum atomic E-state index is 0.00994. The first-order valence-corrected chi connectivity index (χ1v) is 11.5. The molecule has 1 N–H and O–H groups in total. The van der Waals surface area contributed by atoms with Crippen LogP contribution in [0.4, 0.5) is 0 Å². The molecule has 0 amide bonds. The summed E-state index contributed by atoms with van der Waals surface area (Å²) in [4.78, 5) is 9.05. The Kier molecular flexibility index (Phi) is 6.85. The maximum atomic E-state index is 6.32. The predicted octanol–water partition coefficient (Wildman–Crippen LogP) is 6.28. The number of rotatable bonds is 8. The van der Waals surface area contributed by atoms with E-state index in [-0.39, 0.29) is 6.04 Å². The highest BCUT2D eigenvalue weighted by Crippen LogP contribution is 2.36. The Morgan fingerprint density at radius 1 is 1.10 bits per heavy atom. The van der Waals surface area contributed by atoms with Crippen molar-refractivity contribution < 1.29 is 4.74 Å². The van der Waals surface area contributed by atoms with Crippen molar-refractivity contribution in [3.63, 3.8) is 0 Å². The summed E-state index contributed by atoms with van der Waals surface area (Å²) in [7, 11) is 1.67. The molecule has 9 heteroatoms. The van der Waals surface area contributed by atoms with Crippen molar-refractivity contribution in [2.75, 3.05) is 7.11 Å². The average molecular weight is 474 g/mol. The molecule has 0 bridgehead atoms. The summed E-state index contributed by atoms with van der Waals surface area (Å²) in [6.45, 7) is 2.13. The van der Waals surface area contributed by atoms with Crippen LogP contribution >= 0.6 is 35.0 Å². The highest BCUT2D eigenvalue weighted by atomic mass is 35.5. The molecule has 0 fully saturated rings. The zero-order valence-electron chi connectivity index (χ0n) is 17.0. The Morgan fingerprint density at radius 3 is 2.55 bits per heavy atom. The Morgan fingerprint density at radius 2 is 1.90 bits per heavy atom. The van der Waals surface area contributed by atoms with Gasteiger partial charge in [0.05, 0.1) is 29.4 Å². The first-order valence-electron chi connectivity index (χ1n) is 9.74. The summed E-state index contributed by atoms with van der Waals surface area (Å²) in [5, 5.41) is 8.92. The highest BCUT2D eigenvalue weighted by molar-refractivity contribution is 7.98.